The molecule has 1 aliphatic rings. The molecule has 6 heteroatoms. The van der Waals surface area contributed by atoms with Crippen LogP contribution in [-0.2, 0) is 0 Å². The van der Waals surface area contributed by atoms with Crippen LogP contribution >= 0.6 is 11.8 Å². The number of amidine groups is 1. The predicted molar refractivity (Wildman–Crippen MR) is 76.5 cm³/mol. The first kappa shape index (κ1) is 13.1. The summed E-state index contributed by atoms with van der Waals surface area (Å²) >= 11 is 1.97. The molecule has 5 nitrogen and oxygen atoms in total. The summed E-state index contributed by atoms with van der Waals surface area (Å²) in [5, 5.41) is 7.49. The number of nitrogen functional groups attached to an aromatic ring is 1. The summed E-state index contributed by atoms with van der Waals surface area (Å²) in [7, 11) is 0. The van der Waals surface area contributed by atoms with Crippen LogP contribution in [0.5, 0.6) is 0 Å². The molecular formula is C12H19N5S. The molecule has 0 spiro atoms. The van der Waals surface area contributed by atoms with Gasteiger partial charge < -0.3 is 10.6 Å². The van der Waals surface area contributed by atoms with Gasteiger partial charge in [-0.3, -0.25) is 5.41 Å². The highest BCUT2D eigenvalue weighted by molar-refractivity contribution is 8.00. The third-order valence-electron chi connectivity index (χ3n) is 2.83. The fourth-order valence-corrected chi connectivity index (χ4v) is 3.13. The van der Waals surface area contributed by atoms with Gasteiger partial charge in [-0.05, 0) is 26.8 Å². The second-order valence-corrected chi connectivity index (χ2v) is 6.94. The van der Waals surface area contributed by atoms with Crippen LogP contribution in [0.4, 0.5) is 5.95 Å². The number of aromatic nitrogens is 2. The van der Waals surface area contributed by atoms with Crippen LogP contribution in [0.2, 0.25) is 0 Å². The Balaban J connectivity index is 2.30. The molecule has 3 N–H and O–H groups in total. The predicted octanol–water partition coefficient (Wildman–Crippen LogP) is 1.40. The number of thioether (sulfide) groups is 1. The Hall–Kier alpha value is -1.30. The van der Waals surface area contributed by atoms with E-state index in [0.717, 1.165) is 24.5 Å². The number of hydrogen-bond acceptors (Lipinski definition) is 5. The van der Waals surface area contributed by atoms with Gasteiger partial charge in [-0.25, -0.2) is 9.97 Å². The van der Waals surface area contributed by atoms with E-state index in [0.29, 0.717) is 11.6 Å². The lowest BCUT2D eigenvalue weighted by Crippen LogP contribution is -2.44. The zero-order valence-corrected chi connectivity index (χ0v) is 11.8. The van der Waals surface area contributed by atoms with Gasteiger partial charge in [-0.15, -0.1) is 0 Å². The molecule has 0 amide bonds. The Morgan fingerprint density at radius 3 is 2.83 bits per heavy atom. The molecular weight excluding hydrogens is 246 g/mol. The zero-order valence-electron chi connectivity index (χ0n) is 11.0. The number of nitrogens with zero attached hydrogens (tertiary/aromatic N) is 3. The second-order valence-electron chi connectivity index (χ2n) is 5.14. The third kappa shape index (κ3) is 2.93. The summed E-state index contributed by atoms with van der Waals surface area (Å²) < 4.78 is 0.210. The standard InChI is InChI=1S/C12H19N5S/c1-8-6-9(10(13)14)16-11(15-8)17-4-5-18-12(2,3)7-17/h6H,4-5,7H2,1-3H3,(H3,13,14). The molecule has 0 radical (unpaired) electrons. The Labute approximate surface area is 112 Å². The monoisotopic (exact) mass is 265 g/mol. The van der Waals surface area contributed by atoms with E-state index >= 15 is 0 Å². The molecule has 1 fully saturated rings. The third-order valence-corrected chi connectivity index (χ3v) is 4.12. The van der Waals surface area contributed by atoms with Gasteiger partial charge in [-0.2, -0.15) is 11.8 Å². The molecule has 1 saturated heterocycles. The highest BCUT2D eigenvalue weighted by Gasteiger charge is 2.28. The van der Waals surface area contributed by atoms with Crippen molar-refractivity contribution < 1.29 is 0 Å². The molecule has 0 atom stereocenters. The minimum absolute atomic E-state index is 0.00704. The maximum atomic E-state index is 7.49. The van der Waals surface area contributed by atoms with Gasteiger partial charge in [0.15, 0.2) is 0 Å². The van der Waals surface area contributed by atoms with E-state index < -0.39 is 0 Å². The largest absolute Gasteiger partial charge is 0.382 e. The highest BCUT2D eigenvalue weighted by Crippen LogP contribution is 2.31. The van der Waals surface area contributed by atoms with E-state index in [2.05, 4.69) is 28.7 Å². The number of nitrogens with two attached hydrogens (primary N) is 1. The van der Waals surface area contributed by atoms with Crippen LogP contribution in [0.3, 0.4) is 0 Å². The van der Waals surface area contributed by atoms with E-state index in [9.17, 15) is 0 Å². The quantitative estimate of drug-likeness (QED) is 0.624. The topological polar surface area (TPSA) is 78.9 Å². The van der Waals surface area contributed by atoms with Gasteiger partial charge in [0.2, 0.25) is 5.95 Å². The van der Waals surface area contributed by atoms with E-state index in [1.807, 2.05) is 18.7 Å². The number of anilines is 1. The van der Waals surface area contributed by atoms with Crippen molar-refractivity contribution in [3.05, 3.63) is 17.5 Å². The van der Waals surface area contributed by atoms with Crippen LogP contribution in [0.1, 0.15) is 25.2 Å². The van der Waals surface area contributed by atoms with Gasteiger partial charge in [0.25, 0.3) is 0 Å². The van der Waals surface area contributed by atoms with Gasteiger partial charge in [0.05, 0.1) is 0 Å². The molecule has 0 bridgehead atoms. The van der Waals surface area contributed by atoms with Gasteiger partial charge in [0.1, 0.15) is 11.5 Å². The molecule has 1 aromatic heterocycles. The number of aryl methyl sites for hydroxylation is 1. The van der Waals surface area contributed by atoms with Crippen molar-refractivity contribution in [2.45, 2.75) is 25.5 Å². The zero-order chi connectivity index (χ0) is 13.3. The molecule has 0 unspecified atom stereocenters. The van der Waals surface area contributed by atoms with Crippen molar-refractivity contribution in [2.24, 2.45) is 5.73 Å². The Morgan fingerprint density at radius 1 is 1.50 bits per heavy atom. The summed E-state index contributed by atoms with van der Waals surface area (Å²) in [5.74, 6) is 1.75. The molecule has 0 saturated carbocycles. The van der Waals surface area contributed by atoms with Crippen molar-refractivity contribution in [2.75, 3.05) is 23.7 Å². The highest BCUT2D eigenvalue weighted by atomic mass is 32.2. The minimum atomic E-state index is -0.00704. The molecule has 18 heavy (non-hydrogen) atoms. The normalized spacial score (nSPS) is 18.7. The summed E-state index contributed by atoms with van der Waals surface area (Å²) in [4.78, 5) is 11.0. The van der Waals surface area contributed by atoms with Crippen LogP contribution in [-0.4, -0.2) is 39.4 Å². The van der Waals surface area contributed by atoms with E-state index in [-0.39, 0.29) is 10.6 Å². The summed E-state index contributed by atoms with van der Waals surface area (Å²) in [5.41, 5.74) is 6.86. The average Bonchev–Trinajstić information content (AvgIpc) is 2.26. The number of rotatable bonds is 2. The molecule has 0 aliphatic carbocycles. The van der Waals surface area contributed by atoms with Crippen LogP contribution in [0, 0.1) is 12.3 Å². The average molecular weight is 265 g/mol. The van der Waals surface area contributed by atoms with E-state index in [1.165, 1.54) is 0 Å². The van der Waals surface area contributed by atoms with Crippen LogP contribution in [0.15, 0.2) is 6.07 Å². The van der Waals surface area contributed by atoms with Crippen molar-refractivity contribution in [3.63, 3.8) is 0 Å². The SMILES string of the molecule is Cc1cc(C(=N)N)nc(N2CCSC(C)(C)C2)n1. The maximum Gasteiger partial charge on any atom is 0.226 e. The lowest BCUT2D eigenvalue weighted by molar-refractivity contribution is 0.634. The summed E-state index contributed by atoms with van der Waals surface area (Å²) in [6, 6.07) is 1.75. The fraction of sp³-hybridized carbons (Fsp3) is 0.583. The maximum absolute atomic E-state index is 7.49. The van der Waals surface area contributed by atoms with Gasteiger partial charge in [0, 0.05) is 29.3 Å². The van der Waals surface area contributed by atoms with Crippen LogP contribution < -0.4 is 10.6 Å². The Bertz CT molecular complexity index is 472. The summed E-state index contributed by atoms with van der Waals surface area (Å²) in [6.45, 7) is 8.21. The first-order valence-corrected chi connectivity index (χ1v) is 6.95. The smallest absolute Gasteiger partial charge is 0.226 e. The molecule has 2 heterocycles. The van der Waals surface area contributed by atoms with Gasteiger partial charge >= 0.3 is 0 Å². The summed E-state index contributed by atoms with van der Waals surface area (Å²) in [6.07, 6.45) is 0. The number of hydrogen-bond donors (Lipinski definition) is 2. The molecule has 2 rings (SSSR count). The first-order chi connectivity index (χ1) is 8.37. The Morgan fingerprint density at radius 2 is 2.22 bits per heavy atom. The van der Waals surface area contributed by atoms with Crippen LogP contribution in [0.25, 0.3) is 0 Å². The molecule has 98 valence electrons. The number of nitrogens with one attached hydrogen (secondary N) is 1. The second kappa shape index (κ2) is 4.76. The van der Waals surface area contributed by atoms with Crippen molar-refractivity contribution >= 4 is 23.5 Å². The van der Waals surface area contributed by atoms with Crippen molar-refractivity contribution in [1.82, 2.24) is 9.97 Å². The molecule has 1 aliphatic heterocycles. The lowest BCUT2D eigenvalue weighted by Gasteiger charge is -2.37. The van der Waals surface area contributed by atoms with Crippen molar-refractivity contribution in [1.29, 1.82) is 5.41 Å². The Kier molecular flexibility index (Phi) is 3.47. The molecule has 1 aromatic rings. The first-order valence-electron chi connectivity index (χ1n) is 5.96. The van der Waals surface area contributed by atoms with E-state index in [4.69, 9.17) is 11.1 Å². The van der Waals surface area contributed by atoms with Crippen molar-refractivity contribution in [3.8, 4) is 0 Å². The van der Waals surface area contributed by atoms with E-state index in [1.54, 1.807) is 6.07 Å². The minimum Gasteiger partial charge on any atom is -0.382 e. The molecule has 0 aromatic carbocycles. The lowest BCUT2D eigenvalue weighted by atomic mass is 10.2. The van der Waals surface area contributed by atoms with Gasteiger partial charge in [-0.1, -0.05) is 0 Å². The fourth-order valence-electron chi connectivity index (χ4n) is 2.02.